The van der Waals surface area contributed by atoms with E-state index < -0.39 is 0 Å². The van der Waals surface area contributed by atoms with Crippen LogP contribution in [0.25, 0.3) is 10.2 Å². The molecule has 5 heteroatoms. The summed E-state index contributed by atoms with van der Waals surface area (Å²) in [7, 11) is 0. The van der Waals surface area contributed by atoms with Crippen molar-refractivity contribution in [3.63, 3.8) is 0 Å². The van der Waals surface area contributed by atoms with E-state index in [2.05, 4.69) is 4.98 Å². The minimum absolute atomic E-state index is 0.0454. The van der Waals surface area contributed by atoms with E-state index in [0.717, 1.165) is 9.71 Å². The molecule has 0 bridgehead atoms. The first-order valence-corrected chi connectivity index (χ1v) is 5.10. The molecule has 0 aliphatic rings. The maximum Gasteiger partial charge on any atom is 0.262 e. The van der Waals surface area contributed by atoms with Gasteiger partial charge in [0, 0.05) is 4.88 Å². The summed E-state index contributed by atoms with van der Waals surface area (Å²) in [5.41, 5.74) is -0.0756. The third-order valence-electron chi connectivity index (χ3n) is 1.98. The summed E-state index contributed by atoms with van der Waals surface area (Å²) in [6, 6.07) is 1.84. The quantitative estimate of drug-likeness (QED) is 0.796. The first kappa shape index (κ1) is 9.36. The fraction of sp³-hybridized carbons (Fsp3) is 0.333. The number of hydrogen-bond donors (Lipinski definition) is 1. The molecule has 0 saturated heterocycles. The highest BCUT2D eigenvalue weighted by Gasteiger charge is 2.05. The third kappa shape index (κ3) is 1.44. The number of thiophene rings is 1. The number of nitrogens with zero attached hydrogens (tertiary/aromatic N) is 2. The maximum absolute atomic E-state index is 11.8. The van der Waals surface area contributed by atoms with Crippen molar-refractivity contribution in [1.29, 1.82) is 0 Å². The highest BCUT2D eigenvalue weighted by Crippen LogP contribution is 2.19. The standard InChI is InChI=1S/C9H10N2O2S/c1-6-4-7-8(14-6)10-5-11(2-3-12)9(7)13/h4-5,12H,2-3H2,1H3. The first-order valence-electron chi connectivity index (χ1n) is 4.29. The van der Waals surface area contributed by atoms with E-state index in [0.29, 0.717) is 11.9 Å². The van der Waals surface area contributed by atoms with Gasteiger partial charge in [0.05, 0.1) is 24.9 Å². The lowest BCUT2D eigenvalue weighted by Crippen LogP contribution is -2.21. The van der Waals surface area contributed by atoms with Gasteiger partial charge in [0.15, 0.2) is 0 Å². The molecule has 4 nitrogen and oxygen atoms in total. The molecular formula is C9H10N2O2S. The fourth-order valence-electron chi connectivity index (χ4n) is 1.35. The van der Waals surface area contributed by atoms with Crippen LogP contribution in [0.15, 0.2) is 17.2 Å². The predicted molar refractivity (Wildman–Crippen MR) is 55.7 cm³/mol. The van der Waals surface area contributed by atoms with Crippen molar-refractivity contribution >= 4 is 21.6 Å². The molecule has 1 N–H and O–H groups in total. The molecule has 0 unspecified atom stereocenters. The number of aliphatic hydroxyl groups is 1. The summed E-state index contributed by atoms with van der Waals surface area (Å²) in [5, 5.41) is 9.38. The lowest BCUT2D eigenvalue weighted by atomic mass is 10.4. The summed E-state index contributed by atoms with van der Waals surface area (Å²) in [6.45, 7) is 2.20. The molecule has 2 aromatic heterocycles. The van der Waals surface area contributed by atoms with Crippen LogP contribution in [0.5, 0.6) is 0 Å². The van der Waals surface area contributed by atoms with Gasteiger partial charge in [-0.2, -0.15) is 0 Å². The summed E-state index contributed by atoms with van der Waals surface area (Å²) >= 11 is 1.51. The van der Waals surface area contributed by atoms with Crippen LogP contribution in [0.4, 0.5) is 0 Å². The number of hydrogen-bond acceptors (Lipinski definition) is 4. The Bertz CT molecular complexity index is 515. The molecule has 0 spiro atoms. The second-order valence-electron chi connectivity index (χ2n) is 3.04. The van der Waals surface area contributed by atoms with Crippen LogP contribution in [0, 0.1) is 6.92 Å². The monoisotopic (exact) mass is 210 g/mol. The number of aromatic nitrogens is 2. The molecular weight excluding hydrogens is 200 g/mol. The van der Waals surface area contributed by atoms with Gasteiger partial charge in [0.1, 0.15) is 4.83 Å². The largest absolute Gasteiger partial charge is 0.395 e. The van der Waals surface area contributed by atoms with Crippen molar-refractivity contribution in [2.24, 2.45) is 0 Å². The molecule has 74 valence electrons. The molecule has 0 fully saturated rings. The van der Waals surface area contributed by atoms with Gasteiger partial charge in [-0.15, -0.1) is 11.3 Å². The molecule has 2 aromatic rings. The van der Waals surface area contributed by atoms with Gasteiger partial charge >= 0.3 is 0 Å². The topological polar surface area (TPSA) is 55.1 Å². The lowest BCUT2D eigenvalue weighted by molar-refractivity contribution is 0.274. The average molecular weight is 210 g/mol. The van der Waals surface area contributed by atoms with Crippen molar-refractivity contribution in [3.05, 3.63) is 27.6 Å². The summed E-state index contributed by atoms with van der Waals surface area (Å²) in [5.74, 6) is 0. The second kappa shape index (κ2) is 3.51. The molecule has 2 rings (SSSR count). The van der Waals surface area contributed by atoms with Gasteiger partial charge in [-0.05, 0) is 13.0 Å². The Hall–Kier alpha value is -1.20. The molecule has 0 radical (unpaired) electrons. The normalized spacial score (nSPS) is 11.0. The highest BCUT2D eigenvalue weighted by molar-refractivity contribution is 7.18. The Kier molecular flexibility index (Phi) is 2.35. The molecule has 0 amide bonds. The minimum Gasteiger partial charge on any atom is -0.395 e. The zero-order valence-electron chi connectivity index (χ0n) is 7.73. The Labute approximate surface area is 84.5 Å². The Balaban J connectivity index is 2.68. The van der Waals surface area contributed by atoms with Gasteiger partial charge in [-0.3, -0.25) is 9.36 Å². The molecule has 0 aliphatic heterocycles. The number of aliphatic hydroxyl groups excluding tert-OH is 1. The Morgan fingerprint density at radius 1 is 1.64 bits per heavy atom. The van der Waals surface area contributed by atoms with Crippen LogP contribution < -0.4 is 5.56 Å². The second-order valence-corrected chi connectivity index (χ2v) is 4.28. The van der Waals surface area contributed by atoms with Crippen LogP contribution in [0.3, 0.4) is 0 Å². The van der Waals surface area contributed by atoms with Gasteiger partial charge in [-0.25, -0.2) is 4.98 Å². The summed E-state index contributed by atoms with van der Waals surface area (Å²) in [6.07, 6.45) is 1.48. The minimum atomic E-state index is -0.0756. The van der Waals surface area contributed by atoms with Gasteiger partial charge < -0.3 is 5.11 Å². The van der Waals surface area contributed by atoms with Crippen molar-refractivity contribution in [2.75, 3.05) is 6.61 Å². The summed E-state index contributed by atoms with van der Waals surface area (Å²) in [4.78, 5) is 17.7. The van der Waals surface area contributed by atoms with E-state index in [4.69, 9.17) is 5.11 Å². The first-order chi connectivity index (χ1) is 6.72. The van der Waals surface area contributed by atoms with Gasteiger partial charge in [0.25, 0.3) is 5.56 Å². The van der Waals surface area contributed by atoms with Crippen LogP contribution in [-0.2, 0) is 6.54 Å². The zero-order valence-corrected chi connectivity index (χ0v) is 8.54. The van der Waals surface area contributed by atoms with E-state index >= 15 is 0 Å². The fourth-order valence-corrected chi connectivity index (χ4v) is 2.19. The molecule has 0 atom stereocenters. The molecule has 2 heterocycles. The van der Waals surface area contributed by atoms with Crippen molar-refractivity contribution in [3.8, 4) is 0 Å². The third-order valence-corrected chi connectivity index (χ3v) is 2.94. The highest BCUT2D eigenvalue weighted by atomic mass is 32.1. The smallest absolute Gasteiger partial charge is 0.262 e. The molecule has 0 aliphatic carbocycles. The summed E-state index contributed by atoms with van der Waals surface area (Å²) < 4.78 is 1.43. The van der Waals surface area contributed by atoms with Crippen LogP contribution in [0.1, 0.15) is 4.88 Å². The van der Waals surface area contributed by atoms with Gasteiger partial charge in [0.2, 0.25) is 0 Å². The van der Waals surface area contributed by atoms with Crippen molar-refractivity contribution in [1.82, 2.24) is 9.55 Å². The van der Waals surface area contributed by atoms with E-state index in [1.165, 1.54) is 22.2 Å². The van der Waals surface area contributed by atoms with Crippen LogP contribution in [0.2, 0.25) is 0 Å². The van der Waals surface area contributed by atoms with E-state index in [1.54, 1.807) is 0 Å². The maximum atomic E-state index is 11.8. The van der Waals surface area contributed by atoms with Crippen LogP contribution in [-0.4, -0.2) is 21.3 Å². The van der Waals surface area contributed by atoms with Crippen molar-refractivity contribution in [2.45, 2.75) is 13.5 Å². The molecule has 0 saturated carbocycles. The lowest BCUT2D eigenvalue weighted by Gasteiger charge is -2.00. The number of fused-ring (bicyclic) bond motifs is 1. The number of aryl methyl sites for hydroxylation is 1. The predicted octanol–water partition coefficient (Wildman–Crippen LogP) is 0.759. The molecule has 0 aromatic carbocycles. The van der Waals surface area contributed by atoms with Gasteiger partial charge in [-0.1, -0.05) is 0 Å². The van der Waals surface area contributed by atoms with E-state index in [-0.39, 0.29) is 12.2 Å². The SMILES string of the molecule is Cc1cc2c(=O)n(CCO)cnc2s1. The van der Waals surface area contributed by atoms with E-state index in [1.807, 2.05) is 13.0 Å². The van der Waals surface area contributed by atoms with Crippen molar-refractivity contribution < 1.29 is 5.11 Å². The van der Waals surface area contributed by atoms with E-state index in [9.17, 15) is 4.79 Å². The Morgan fingerprint density at radius 2 is 2.43 bits per heavy atom. The van der Waals surface area contributed by atoms with Crippen LogP contribution >= 0.6 is 11.3 Å². The molecule has 14 heavy (non-hydrogen) atoms. The zero-order chi connectivity index (χ0) is 10.1. The Morgan fingerprint density at radius 3 is 3.14 bits per heavy atom. The number of rotatable bonds is 2. The average Bonchev–Trinajstić information content (AvgIpc) is 2.52.